The molecule has 8 nitrogen and oxygen atoms in total. The number of amides is 2. The molecule has 0 spiro atoms. The zero-order valence-electron chi connectivity index (χ0n) is 22.7. The van der Waals surface area contributed by atoms with Crippen molar-refractivity contribution in [2.45, 2.75) is 56.9 Å². The van der Waals surface area contributed by atoms with Crippen LogP contribution in [0.2, 0.25) is 0 Å². The van der Waals surface area contributed by atoms with E-state index in [0.717, 1.165) is 27.8 Å². The summed E-state index contributed by atoms with van der Waals surface area (Å²) in [7, 11) is 0. The Hall–Kier alpha value is -4.17. The van der Waals surface area contributed by atoms with Crippen molar-refractivity contribution < 1.29 is 29.0 Å². The van der Waals surface area contributed by atoms with Crippen molar-refractivity contribution in [3.05, 3.63) is 95.6 Å². The maximum Gasteiger partial charge on any atom is 0.407 e. The smallest absolute Gasteiger partial charge is 0.407 e. The Balaban J connectivity index is 1.32. The van der Waals surface area contributed by atoms with Crippen LogP contribution in [0.15, 0.2) is 78.9 Å². The highest BCUT2D eigenvalue weighted by Gasteiger charge is 2.48. The first-order valence-corrected chi connectivity index (χ1v) is 13.6. The number of nitrogens with zero attached hydrogens (tertiary/aromatic N) is 1. The van der Waals surface area contributed by atoms with E-state index in [9.17, 15) is 19.5 Å². The molecular formula is C32H34N2O6. The van der Waals surface area contributed by atoms with E-state index in [1.807, 2.05) is 66.7 Å². The van der Waals surface area contributed by atoms with Crippen molar-refractivity contribution in [3.8, 4) is 11.1 Å². The van der Waals surface area contributed by atoms with Crippen LogP contribution in [0.1, 0.15) is 49.3 Å². The number of rotatable bonds is 9. The van der Waals surface area contributed by atoms with Gasteiger partial charge in [0.1, 0.15) is 18.2 Å². The zero-order valence-corrected chi connectivity index (χ0v) is 22.7. The van der Waals surface area contributed by atoms with E-state index in [0.29, 0.717) is 12.8 Å². The Morgan fingerprint density at radius 2 is 1.57 bits per heavy atom. The minimum Gasteiger partial charge on any atom is -0.480 e. The highest BCUT2D eigenvalue weighted by Crippen LogP contribution is 2.44. The lowest BCUT2D eigenvalue weighted by Gasteiger charge is -2.35. The second-order valence-electron chi connectivity index (χ2n) is 10.6. The Morgan fingerprint density at radius 3 is 2.20 bits per heavy atom. The van der Waals surface area contributed by atoms with Crippen molar-refractivity contribution in [1.82, 2.24) is 10.2 Å². The van der Waals surface area contributed by atoms with Gasteiger partial charge >= 0.3 is 12.1 Å². The van der Waals surface area contributed by atoms with E-state index >= 15 is 0 Å². The number of alkyl carbamates (subject to hydrolysis) is 1. The number of likely N-dealkylation sites (tertiary alicyclic amines) is 1. The molecule has 3 atom stereocenters. The summed E-state index contributed by atoms with van der Waals surface area (Å²) in [4.78, 5) is 40.3. The molecule has 0 bridgehead atoms. The van der Waals surface area contributed by atoms with E-state index in [-0.39, 0.29) is 25.7 Å². The Kier molecular flexibility index (Phi) is 7.89. The summed E-state index contributed by atoms with van der Waals surface area (Å²) in [5.74, 6) is -1.71. The van der Waals surface area contributed by atoms with E-state index in [1.54, 1.807) is 13.8 Å². The number of nitrogens with one attached hydrogen (secondary N) is 1. The van der Waals surface area contributed by atoms with Crippen LogP contribution < -0.4 is 5.32 Å². The highest BCUT2D eigenvalue weighted by atomic mass is 16.5. The van der Waals surface area contributed by atoms with Gasteiger partial charge in [-0.25, -0.2) is 9.59 Å². The van der Waals surface area contributed by atoms with Gasteiger partial charge in [-0.2, -0.15) is 0 Å². The number of carboxylic acids is 1. The van der Waals surface area contributed by atoms with Gasteiger partial charge in [0.2, 0.25) is 5.91 Å². The average Bonchev–Trinajstić information content (AvgIpc) is 3.52. The van der Waals surface area contributed by atoms with Crippen LogP contribution in [0.5, 0.6) is 0 Å². The molecule has 0 saturated carbocycles. The summed E-state index contributed by atoms with van der Waals surface area (Å²) < 4.78 is 11.7. The van der Waals surface area contributed by atoms with Crippen LogP contribution in [0, 0.1) is 0 Å². The molecule has 2 unspecified atom stereocenters. The van der Waals surface area contributed by atoms with Crippen LogP contribution in [-0.2, 0) is 25.7 Å². The fraction of sp³-hybridized carbons (Fsp3) is 0.344. The molecule has 1 aliphatic heterocycles. The molecule has 8 heteroatoms. The van der Waals surface area contributed by atoms with Gasteiger partial charge in [-0.15, -0.1) is 0 Å². The average molecular weight is 543 g/mol. The summed E-state index contributed by atoms with van der Waals surface area (Å²) in [6.45, 7) is 3.85. The largest absolute Gasteiger partial charge is 0.480 e. The van der Waals surface area contributed by atoms with Crippen LogP contribution in [0.25, 0.3) is 11.1 Å². The first kappa shape index (κ1) is 27.4. The maximum absolute atomic E-state index is 13.8. The van der Waals surface area contributed by atoms with Gasteiger partial charge in [0.15, 0.2) is 0 Å². The molecular weight excluding hydrogens is 508 g/mol. The molecule has 3 aromatic carbocycles. The molecule has 2 N–H and O–H groups in total. The standard InChI is InChI=1S/C32H34N2O6/c1-21(39-19-22-11-4-3-5-12-22)28(29(35)34-18-10-17-32(34,2)30(36)37)33-31(38)40-20-27-25-15-8-6-13-23(25)24-14-7-9-16-26(24)27/h3-9,11-16,21,27-28H,10,17-20H2,1-2H3,(H,33,38)(H,36,37)/t21?,28?,32-/m0/s1. The first-order chi connectivity index (χ1) is 19.3. The quantitative estimate of drug-likeness (QED) is 0.396. The predicted molar refractivity (Wildman–Crippen MR) is 150 cm³/mol. The summed E-state index contributed by atoms with van der Waals surface area (Å²) in [5, 5.41) is 12.6. The lowest BCUT2D eigenvalue weighted by molar-refractivity contribution is -0.157. The number of ether oxygens (including phenoxy) is 2. The molecule has 40 heavy (non-hydrogen) atoms. The topological polar surface area (TPSA) is 105 Å². The Labute approximate surface area is 233 Å². The maximum atomic E-state index is 13.8. The molecule has 1 saturated heterocycles. The molecule has 0 radical (unpaired) electrons. The molecule has 208 valence electrons. The number of benzene rings is 3. The van der Waals surface area contributed by atoms with Crippen LogP contribution >= 0.6 is 0 Å². The van der Waals surface area contributed by atoms with E-state index in [2.05, 4.69) is 17.4 Å². The number of fused-ring (bicyclic) bond motifs is 3. The number of carbonyl (C=O) groups excluding carboxylic acids is 2. The SMILES string of the molecule is CC(OCc1ccccc1)C(NC(=O)OCC1c2ccccc2-c2ccccc21)C(=O)N1CCC[C@@]1(C)C(=O)O. The molecule has 1 heterocycles. The van der Waals surface area contributed by atoms with Crippen molar-refractivity contribution in [2.24, 2.45) is 0 Å². The predicted octanol–water partition coefficient (Wildman–Crippen LogP) is 4.96. The third-order valence-electron chi connectivity index (χ3n) is 8.08. The molecule has 2 aliphatic rings. The minimum absolute atomic E-state index is 0.0938. The summed E-state index contributed by atoms with van der Waals surface area (Å²) in [6, 6.07) is 24.5. The van der Waals surface area contributed by atoms with E-state index in [1.165, 1.54) is 4.90 Å². The molecule has 0 aromatic heterocycles. The number of carbonyl (C=O) groups is 3. The molecule has 1 aliphatic carbocycles. The van der Waals surface area contributed by atoms with Crippen molar-refractivity contribution in [2.75, 3.05) is 13.2 Å². The van der Waals surface area contributed by atoms with Gasteiger partial charge in [-0.1, -0.05) is 78.9 Å². The second-order valence-corrected chi connectivity index (χ2v) is 10.6. The van der Waals surface area contributed by atoms with Gasteiger partial charge in [-0.3, -0.25) is 4.79 Å². The number of aliphatic carboxylic acids is 1. The Morgan fingerprint density at radius 1 is 0.975 bits per heavy atom. The van der Waals surface area contributed by atoms with Gasteiger partial charge < -0.3 is 24.8 Å². The highest BCUT2D eigenvalue weighted by molar-refractivity contribution is 5.92. The Bertz CT molecular complexity index is 1350. The third-order valence-corrected chi connectivity index (χ3v) is 8.08. The minimum atomic E-state index is -1.35. The lowest BCUT2D eigenvalue weighted by atomic mass is 9.98. The monoisotopic (exact) mass is 542 g/mol. The van der Waals surface area contributed by atoms with Crippen molar-refractivity contribution in [1.29, 1.82) is 0 Å². The van der Waals surface area contributed by atoms with Crippen molar-refractivity contribution in [3.63, 3.8) is 0 Å². The summed E-state index contributed by atoms with van der Waals surface area (Å²) in [5.41, 5.74) is 3.96. The first-order valence-electron chi connectivity index (χ1n) is 13.6. The number of carboxylic acid groups (broad SMARTS) is 1. The van der Waals surface area contributed by atoms with Gasteiger partial charge in [-0.05, 0) is 54.5 Å². The molecule has 2 amide bonds. The summed E-state index contributed by atoms with van der Waals surface area (Å²) >= 11 is 0. The second kappa shape index (κ2) is 11.5. The third kappa shape index (κ3) is 5.31. The zero-order chi connectivity index (χ0) is 28.3. The van der Waals surface area contributed by atoms with Gasteiger partial charge in [0.25, 0.3) is 0 Å². The number of hydrogen-bond acceptors (Lipinski definition) is 5. The lowest BCUT2D eigenvalue weighted by Crippen LogP contribution is -2.60. The van der Waals surface area contributed by atoms with Crippen LogP contribution in [0.3, 0.4) is 0 Å². The molecule has 3 aromatic rings. The fourth-order valence-electron chi connectivity index (χ4n) is 5.75. The van der Waals surface area contributed by atoms with E-state index < -0.39 is 35.7 Å². The molecule has 1 fully saturated rings. The van der Waals surface area contributed by atoms with E-state index in [4.69, 9.17) is 9.47 Å². The van der Waals surface area contributed by atoms with Crippen LogP contribution in [0.4, 0.5) is 4.79 Å². The van der Waals surface area contributed by atoms with Gasteiger partial charge in [0.05, 0.1) is 12.7 Å². The summed E-state index contributed by atoms with van der Waals surface area (Å²) in [6.07, 6.45) is -0.602. The van der Waals surface area contributed by atoms with Crippen LogP contribution in [-0.4, -0.2) is 58.8 Å². The van der Waals surface area contributed by atoms with Crippen molar-refractivity contribution >= 4 is 18.0 Å². The van der Waals surface area contributed by atoms with Gasteiger partial charge in [0, 0.05) is 12.5 Å². The molecule has 5 rings (SSSR count). The number of hydrogen-bond donors (Lipinski definition) is 2. The normalized spacial score (nSPS) is 19.4. The fourth-order valence-corrected chi connectivity index (χ4v) is 5.75.